The molecule has 0 aliphatic rings. The number of anilines is 3. The minimum Gasteiger partial charge on any atom is -0.332 e. The van der Waals surface area contributed by atoms with Crippen LogP contribution in [0.5, 0.6) is 0 Å². The smallest absolute Gasteiger partial charge is 0.244 e. The Labute approximate surface area is 248 Å². The molecule has 0 radical (unpaired) electrons. The fourth-order valence-electron chi connectivity index (χ4n) is 3.97. The van der Waals surface area contributed by atoms with Crippen molar-refractivity contribution in [2.24, 2.45) is 0 Å². The van der Waals surface area contributed by atoms with Crippen LogP contribution in [0.2, 0.25) is 0 Å². The van der Waals surface area contributed by atoms with Crippen LogP contribution in [0.3, 0.4) is 0 Å². The largest absolute Gasteiger partial charge is 0.332 e. The molecule has 0 aliphatic carbocycles. The van der Waals surface area contributed by atoms with E-state index >= 15 is 0 Å². The molecule has 0 fully saturated rings. The number of benzene rings is 4. The van der Waals surface area contributed by atoms with E-state index in [1.54, 1.807) is 0 Å². The molecule has 0 saturated carbocycles. The highest BCUT2D eigenvalue weighted by Crippen LogP contribution is 2.37. The zero-order valence-electron chi connectivity index (χ0n) is 22.0. The second kappa shape index (κ2) is 12.9. The summed E-state index contributed by atoms with van der Waals surface area (Å²) in [4.78, 5) is 19.2. The zero-order chi connectivity index (χ0) is 27.9. The molecule has 5 aromatic rings. The quantitative estimate of drug-likeness (QED) is 0.126. The number of rotatable bonds is 8. The predicted octanol–water partition coefficient (Wildman–Crippen LogP) is 8.71. The molecule has 4 aromatic carbocycles. The summed E-state index contributed by atoms with van der Waals surface area (Å²) >= 11 is 8.42. The lowest BCUT2D eigenvalue weighted by Crippen LogP contribution is -2.19. The van der Waals surface area contributed by atoms with Gasteiger partial charge in [-0.3, -0.25) is 4.79 Å². The Morgan fingerprint density at radius 2 is 1.48 bits per heavy atom. The highest BCUT2D eigenvalue weighted by atomic mass is 32.2. The van der Waals surface area contributed by atoms with Gasteiger partial charge < -0.3 is 16.0 Å². The van der Waals surface area contributed by atoms with Gasteiger partial charge in [0.25, 0.3) is 0 Å². The van der Waals surface area contributed by atoms with Crippen LogP contribution in [0.1, 0.15) is 21.9 Å². The average Bonchev–Trinajstić information content (AvgIpc) is 3.42. The summed E-state index contributed by atoms with van der Waals surface area (Å²) in [5, 5.41) is 12.1. The Bertz CT molecular complexity index is 1600. The SMILES string of the molecule is Cc1ccc(NC(=S)Nc2cccc(SC(C(=O)Nc3nc(-c4ccc(C)cc4)cs3)c3ccccc3)c2)cc1. The molecular formula is C32H28N4OS3. The first kappa shape index (κ1) is 27.6. The first-order chi connectivity index (χ1) is 19.4. The number of carbonyl (C=O) groups excluding carboxylic acids is 1. The molecule has 1 unspecified atom stereocenters. The molecule has 1 atom stereocenters. The van der Waals surface area contributed by atoms with Crippen molar-refractivity contribution in [3.63, 3.8) is 0 Å². The van der Waals surface area contributed by atoms with Crippen LogP contribution in [0.4, 0.5) is 16.5 Å². The third-order valence-electron chi connectivity index (χ3n) is 6.08. The molecular weight excluding hydrogens is 553 g/mol. The summed E-state index contributed by atoms with van der Waals surface area (Å²) in [7, 11) is 0. The van der Waals surface area contributed by atoms with Crippen LogP contribution >= 0.6 is 35.3 Å². The number of hydrogen-bond donors (Lipinski definition) is 3. The number of thiocarbonyl (C=S) groups is 1. The number of aromatic nitrogens is 1. The van der Waals surface area contributed by atoms with Crippen molar-refractivity contribution in [3.8, 4) is 11.3 Å². The van der Waals surface area contributed by atoms with E-state index in [9.17, 15) is 4.79 Å². The van der Waals surface area contributed by atoms with E-state index in [2.05, 4.69) is 40.0 Å². The predicted molar refractivity (Wildman–Crippen MR) is 173 cm³/mol. The molecule has 5 nitrogen and oxygen atoms in total. The monoisotopic (exact) mass is 580 g/mol. The van der Waals surface area contributed by atoms with Gasteiger partial charge in [-0.15, -0.1) is 23.1 Å². The number of carbonyl (C=O) groups is 1. The van der Waals surface area contributed by atoms with E-state index in [-0.39, 0.29) is 5.91 Å². The standard InChI is InChI=1S/C32H28N4OS3/c1-21-11-15-23(16-12-21)28-20-39-32(35-28)36-30(37)29(24-7-4-3-5-8-24)40-27-10-6-9-26(19-27)34-31(38)33-25-17-13-22(2)14-18-25/h3-20,29H,1-2H3,(H2,33,34,38)(H,35,36,37). The molecule has 0 saturated heterocycles. The fraction of sp³-hybridized carbons (Fsp3) is 0.0938. The van der Waals surface area contributed by atoms with Gasteiger partial charge in [0.05, 0.1) is 5.69 Å². The highest BCUT2D eigenvalue weighted by Gasteiger charge is 2.23. The van der Waals surface area contributed by atoms with Crippen molar-refractivity contribution in [1.82, 2.24) is 4.98 Å². The van der Waals surface area contributed by atoms with Gasteiger partial charge in [0.15, 0.2) is 10.2 Å². The average molecular weight is 581 g/mol. The van der Waals surface area contributed by atoms with Crippen LogP contribution in [0.15, 0.2) is 113 Å². The number of aryl methyl sites for hydroxylation is 2. The molecule has 1 amide bonds. The Morgan fingerprint density at radius 1 is 0.800 bits per heavy atom. The van der Waals surface area contributed by atoms with Crippen molar-refractivity contribution < 1.29 is 4.79 Å². The number of hydrogen-bond acceptors (Lipinski definition) is 5. The molecule has 1 aromatic heterocycles. The summed E-state index contributed by atoms with van der Waals surface area (Å²) in [5.74, 6) is -0.129. The van der Waals surface area contributed by atoms with E-state index in [4.69, 9.17) is 12.2 Å². The van der Waals surface area contributed by atoms with Gasteiger partial charge in [0, 0.05) is 27.2 Å². The van der Waals surface area contributed by atoms with Crippen LogP contribution < -0.4 is 16.0 Å². The van der Waals surface area contributed by atoms with E-state index in [0.717, 1.165) is 33.1 Å². The lowest BCUT2D eigenvalue weighted by Gasteiger charge is -2.17. The van der Waals surface area contributed by atoms with E-state index in [1.807, 2.05) is 103 Å². The Hall–Kier alpha value is -3.98. The lowest BCUT2D eigenvalue weighted by molar-refractivity contribution is -0.115. The summed E-state index contributed by atoms with van der Waals surface area (Å²) in [6.45, 7) is 4.10. The first-order valence-corrected chi connectivity index (χ1v) is 14.9. The van der Waals surface area contributed by atoms with Gasteiger partial charge in [0.2, 0.25) is 5.91 Å². The third-order valence-corrected chi connectivity index (χ3v) is 8.29. The topological polar surface area (TPSA) is 66.0 Å². The Balaban J connectivity index is 1.29. The minimum absolute atomic E-state index is 0.129. The van der Waals surface area contributed by atoms with Gasteiger partial charge in [0.1, 0.15) is 5.25 Å². The van der Waals surface area contributed by atoms with Crippen LogP contribution in [0.25, 0.3) is 11.3 Å². The van der Waals surface area contributed by atoms with E-state index in [0.29, 0.717) is 10.2 Å². The molecule has 40 heavy (non-hydrogen) atoms. The Kier molecular flexibility index (Phi) is 8.91. The number of amides is 1. The van der Waals surface area contributed by atoms with Crippen molar-refractivity contribution >= 4 is 62.8 Å². The summed E-state index contributed by atoms with van der Waals surface area (Å²) < 4.78 is 0. The number of nitrogens with zero attached hydrogens (tertiary/aromatic N) is 1. The van der Waals surface area contributed by atoms with Gasteiger partial charge in [-0.05, 0) is 62.0 Å². The van der Waals surface area contributed by atoms with Crippen molar-refractivity contribution in [2.75, 3.05) is 16.0 Å². The van der Waals surface area contributed by atoms with Crippen molar-refractivity contribution in [2.45, 2.75) is 24.0 Å². The second-order valence-electron chi connectivity index (χ2n) is 9.27. The molecule has 200 valence electrons. The van der Waals surface area contributed by atoms with E-state index in [1.165, 1.54) is 34.2 Å². The number of thiazole rings is 1. The first-order valence-electron chi connectivity index (χ1n) is 12.7. The lowest BCUT2D eigenvalue weighted by atomic mass is 10.1. The molecule has 1 heterocycles. The van der Waals surface area contributed by atoms with Gasteiger partial charge in [-0.25, -0.2) is 4.98 Å². The molecule has 0 spiro atoms. The summed E-state index contributed by atoms with van der Waals surface area (Å²) in [6, 6.07) is 33.9. The maximum absolute atomic E-state index is 13.6. The fourth-order valence-corrected chi connectivity index (χ4v) is 6.02. The van der Waals surface area contributed by atoms with Crippen LogP contribution in [0, 0.1) is 13.8 Å². The zero-order valence-corrected chi connectivity index (χ0v) is 24.5. The Morgan fingerprint density at radius 3 is 2.20 bits per heavy atom. The molecule has 3 N–H and O–H groups in total. The molecule has 0 aliphatic heterocycles. The van der Waals surface area contributed by atoms with Gasteiger partial charge in [-0.2, -0.15) is 0 Å². The van der Waals surface area contributed by atoms with Crippen LogP contribution in [-0.4, -0.2) is 16.0 Å². The highest BCUT2D eigenvalue weighted by molar-refractivity contribution is 8.00. The minimum atomic E-state index is -0.471. The normalized spacial score (nSPS) is 11.4. The van der Waals surface area contributed by atoms with Crippen molar-refractivity contribution in [1.29, 1.82) is 0 Å². The maximum atomic E-state index is 13.6. The molecule has 5 rings (SSSR count). The maximum Gasteiger partial charge on any atom is 0.244 e. The van der Waals surface area contributed by atoms with Crippen molar-refractivity contribution in [3.05, 3.63) is 125 Å². The molecule has 0 bridgehead atoms. The summed E-state index contributed by atoms with van der Waals surface area (Å²) in [5.41, 5.74) is 6.92. The van der Waals surface area contributed by atoms with E-state index < -0.39 is 5.25 Å². The summed E-state index contributed by atoms with van der Waals surface area (Å²) in [6.07, 6.45) is 0. The van der Waals surface area contributed by atoms with Crippen LogP contribution in [-0.2, 0) is 4.79 Å². The second-order valence-corrected chi connectivity index (χ2v) is 11.7. The molecule has 8 heteroatoms. The van der Waals surface area contributed by atoms with Gasteiger partial charge in [-0.1, -0.05) is 83.9 Å². The van der Waals surface area contributed by atoms with Gasteiger partial charge >= 0.3 is 0 Å². The third kappa shape index (κ3) is 7.35. The number of nitrogens with one attached hydrogen (secondary N) is 3. The number of thioether (sulfide) groups is 1.